The molecule has 0 saturated heterocycles. The van der Waals surface area contributed by atoms with Crippen molar-refractivity contribution in [1.82, 2.24) is 0 Å². The molecule has 2 aromatic carbocycles. The fourth-order valence-electron chi connectivity index (χ4n) is 2.43. The quantitative estimate of drug-likeness (QED) is 0.698. The van der Waals surface area contributed by atoms with Crippen molar-refractivity contribution in [1.29, 1.82) is 0 Å². The maximum atomic E-state index is 11.7. The normalized spacial score (nSPS) is 14.7. The van der Waals surface area contributed by atoms with Crippen LogP contribution in [-0.2, 0) is 9.59 Å². The van der Waals surface area contributed by atoms with Crippen LogP contribution in [0.15, 0.2) is 60.7 Å². The average Bonchev–Trinajstić information content (AvgIpc) is 2.88. The molecule has 3 rings (SSSR count). The Balaban J connectivity index is 1.83. The van der Waals surface area contributed by atoms with Gasteiger partial charge in [-0.05, 0) is 47.9 Å². The second-order valence-electron chi connectivity index (χ2n) is 5.31. The van der Waals surface area contributed by atoms with Crippen molar-refractivity contribution in [3.63, 3.8) is 0 Å². The van der Waals surface area contributed by atoms with Gasteiger partial charge in [-0.15, -0.1) is 0 Å². The van der Waals surface area contributed by atoms with E-state index in [4.69, 9.17) is 0 Å². The van der Waals surface area contributed by atoms with E-state index < -0.39 is 0 Å². The lowest BCUT2D eigenvalue weighted by Crippen LogP contribution is -2.29. The molecule has 0 spiro atoms. The first-order chi connectivity index (χ1) is 11.0. The predicted molar refractivity (Wildman–Crippen MR) is 89.7 cm³/mol. The number of allylic oxidation sites excluding steroid dienone is 1. The van der Waals surface area contributed by atoms with Gasteiger partial charge in [0.25, 0.3) is 11.8 Å². The van der Waals surface area contributed by atoms with Crippen LogP contribution in [0.1, 0.15) is 18.1 Å². The Morgan fingerprint density at radius 3 is 2.04 bits per heavy atom. The maximum Gasteiger partial charge on any atom is 0.258 e. The number of carbonyl (C=O) groups excluding carboxylic acids is 2. The van der Waals surface area contributed by atoms with Crippen molar-refractivity contribution in [3.05, 3.63) is 71.8 Å². The second kappa shape index (κ2) is 5.93. The third-order valence-electron chi connectivity index (χ3n) is 3.67. The van der Waals surface area contributed by atoms with Crippen LogP contribution in [0.3, 0.4) is 0 Å². The number of anilines is 1. The van der Waals surface area contributed by atoms with Crippen molar-refractivity contribution in [2.24, 2.45) is 0 Å². The molecule has 0 fully saturated rings. The van der Waals surface area contributed by atoms with E-state index in [1.165, 1.54) is 12.2 Å². The van der Waals surface area contributed by atoms with Crippen LogP contribution in [0.5, 0.6) is 5.75 Å². The average molecular weight is 305 g/mol. The number of aromatic hydroxyl groups is 1. The lowest BCUT2D eigenvalue weighted by Gasteiger charge is -2.14. The molecule has 0 saturated carbocycles. The van der Waals surface area contributed by atoms with E-state index >= 15 is 0 Å². The molecule has 0 unspecified atom stereocenters. The fourth-order valence-corrected chi connectivity index (χ4v) is 2.43. The molecule has 0 aromatic heterocycles. The lowest BCUT2D eigenvalue weighted by atomic mass is 10.0. The third-order valence-corrected chi connectivity index (χ3v) is 3.67. The van der Waals surface area contributed by atoms with Crippen molar-refractivity contribution in [3.8, 4) is 5.75 Å². The molecule has 0 aliphatic carbocycles. The predicted octanol–water partition coefficient (Wildman–Crippen LogP) is 3.38. The molecule has 114 valence electrons. The molecule has 2 amide bonds. The molecule has 0 atom stereocenters. The van der Waals surface area contributed by atoms with E-state index in [0.29, 0.717) is 5.69 Å². The lowest BCUT2D eigenvalue weighted by molar-refractivity contribution is -0.119. The Labute approximate surface area is 134 Å². The van der Waals surface area contributed by atoms with Crippen molar-refractivity contribution in [2.75, 3.05) is 4.90 Å². The number of benzene rings is 2. The fraction of sp³-hybridized carbons (Fsp3) is 0.0526. The van der Waals surface area contributed by atoms with Gasteiger partial charge < -0.3 is 5.11 Å². The van der Waals surface area contributed by atoms with E-state index in [1.807, 2.05) is 37.3 Å². The maximum absolute atomic E-state index is 11.7. The highest BCUT2D eigenvalue weighted by Crippen LogP contribution is 2.24. The van der Waals surface area contributed by atoms with E-state index in [-0.39, 0.29) is 17.6 Å². The SMILES string of the molecule is CC(=Cc1ccc(O)cc1)c1ccc(N2C(=O)C=CC2=O)cc1. The minimum Gasteiger partial charge on any atom is -0.508 e. The smallest absolute Gasteiger partial charge is 0.258 e. The van der Waals surface area contributed by atoms with Gasteiger partial charge in [0.1, 0.15) is 5.75 Å². The Bertz CT molecular complexity index is 797. The number of hydrogen-bond donors (Lipinski definition) is 1. The molecule has 1 heterocycles. The zero-order valence-electron chi connectivity index (χ0n) is 12.6. The summed E-state index contributed by atoms with van der Waals surface area (Å²) in [4.78, 5) is 24.5. The molecule has 0 radical (unpaired) electrons. The van der Waals surface area contributed by atoms with Crippen LogP contribution in [-0.4, -0.2) is 16.9 Å². The molecular weight excluding hydrogens is 290 g/mol. The summed E-state index contributed by atoms with van der Waals surface area (Å²) in [6.45, 7) is 1.98. The number of imide groups is 1. The Morgan fingerprint density at radius 1 is 0.913 bits per heavy atom. The van der Waals surface area contributed by atoms with Gasteiger partial charge >= 0.3 is 0 Å². The highest BCUT2D eigenvalue weighted by Gasteiger charge is 2.24. The highest BCUT2D eigenvalue weighted by molar-refractivity contribution is 6.28. The number of phenols is 1. The second-order valence-corrected chi connectivity index (χ2v) is 5.31. The van der Waals surface area contributed by atoms with Crippen LogP contribution in [0, 0.1) is 0 Å². The van der Waals surface area contributed by atoms with E-state index in [0.717, 1.165) is 21.6 Å². The van der Waals surface area contributed by atoms with Gasteiger partial charge in [-0.1, -0.05) is 30.3 Å². The standard InChI is InChI=1S/C19H15NO3/c1-13(12-14-2-8-17(21)9-3-14)15-4-6-16(7-5-15)20-18(22)10-11-19(20)23/h2-12,21H,1H3. The summed E-state index contributed by atoms with van der Waals surface area (Å²) in [6, 6.07) is 14.2. The van der Waals surface area contributed by atoms with Crippen molar-refractivity contribution < 1.29 is 14.7 Å². The summed E-state index contributed by atoms with van der Waals surface area (Å²) in [5.74, 6) is -0.407. The number of nitrogens with zero attached hydrogens (tertiary/aromatic N) is 1. The monoisotopic (exact) mass is 305 g/mol. The van der Waals surface area contributed by atoms with Crippen LogP contribution < -0.4 is 4.90 Å². The van der Waals surface area contributed by atoms with Crippen molar-refractivity contribution >= 4 is 29.2 Å². The van der Waals surface area contributed by atoms with Gasteiger partial charge in [-0.25, -0.2) is 4.90 Å². The number of carbonyl (C=O) groups is 2. The van der Waals surface area contributed by atoms with E-state index in [1.54, 1.807) is 24.3 Å². The Morgan fingerprint density at radius 2 is 1.48 bits per heavy atom. The number of hydrogen-bond acceptors (Lipinski definition) is 3. The largest absolute Gasteiger partial charge is 0.508 e. The minimum absolute atomic E-state index is 0.234. The first-order valence-corrected chi connectivity index (χ1v) is 7.18. The summed E-state index contributed by atoms with van der Waals surface area (Å²) in [7, 11) is 0. The molecule has 4 nitrogen and oxygen atoms in total. The first-order valence-electron chi connectivity index (χ1n) is 7.18. The summed E-state index contributed by atoms with van der Waals surface area (Å²) in [5.41, 5.74) is 3.58. The molecule has 23 heavy (non-hydrogen) atoms. The summed E-state index contributed by atoms with van der Waals surface area (Å²) < 4.78 is 0. The summed E-state index contributed by atoms with van der Waals surface area (Å²) in [5, 5.41) is 9.30. The molecule has 1 N–H and O–H groups in total. The zero-order chi connectivity index (χ0) is 16.4. The Kier molecular flexibility index (Phi) is 3.81. The highest BCUT2D eigenvalue weighted by atomic mass is 16.3. The van der Waals surface area contributed by atoms with Gasteiger partial charge in [0.2, 0.25) is 0 Å². The topological polar surface area (TPSA) is 57.6 Å². The van der Waals surface area contributed by atoms with E-state index in [9.17, 15) is 14.7 Å². The third kappa shape index (κ3) is 3.06. The van der Waals surface area contributed by atoms with E-state index in [2.05, 4.69) is 0 Å². The first kappa shape index (κ1) is 14.8. The minimum atomic E-state index is -0.320. The van der Waals surface area contributed by atoms with Gasteiger partial charge in [0, 0.05) is 12.2 Å². The van der Waals surface area contributed by atoms with Crippen LogP contribution in [0.4, 0.5) is 5.69 Å². The van der Waals surface area contributed by atoms with Gasteiger partial charge in [0.05, 0.1) is 5.69 Å². The van der Waals surface area contributed by atoms with Gasteiger partial charge in [0.15, 0.2) is 0 Å². The van der Waals surface area contributed by atoms with Crippen LogP contribution >= 0.6 is 0 Å². The van der Waals surface area contributed by atoms with Gasteiger partial charge in [-0.2, -0.15) is 0 Å². The Hall–Kier alpha value is -3.14. The summed E-state index contributed by atoms with van der Waals surface area (Å²) >= 11 is 0. The summed E-state index contributed by atoms with van der Waals surface area (Å²) in [6.07, 6.45) is 4.54. The molecule has 1 aliphatic rings. The van der Waals surface area contributed by atoms with Crippen molar-refractivity contribution in [2.45, 2.75) is 6.92 Å². The number of rotatable bonds is 3. The van der Waals surface area contributed by atoms with Crippen LogP contribution in [0.25, 0.3) is 11.6 Å². The molecule has 0 bridgehead atoms. The zero-order valence-corrected chi connectivity index (χ0v) is 12.6. The number of phenolic OH excluding ortho intramolecular Hbond substituents is 1. The molecule has 2 aromatic rings. The van der Waals surface area contributed by atoms with Gasteiger partial charge in [-0.3, -0.25) is 9.59 Å². The molecular formula is C19H15NO3. The molecule has 4 heteroatoms. The molecule has 1 aliphatic heterocycles. The van der Waals surface area contributed by atoms with Crippen LogP contribution in [0.2, 0.25) is 0 Å². The number of amides is 2.